The second kappa shape index (κ2) is 3.99. The van der Waals surface area contributed by atoms with Crippen molar-refractivity contribution in [1.82, 2.24) is 0 Å². The van der Waals surface area contributed by atoms with E-state index in [0.29, 0.717) is 16.9 Å². The van der Waals surface area contributed by atoms with Crippen LogP contribution in [0.3, 0.4) is 0 Å². The molecule has 2 N–H and O–H groups in total. The maximum Gasteiger partial charge on any atom is 0.169 e. The predicted octanol–water partition coefficient (Wildman–Crippen LogP) is 3.52. The maximum absolute atomic E-state index is 13.5. The first kappa shape index (κ1) is 11.0. The fourth-order valence-corrected chi connectivity index (χ4v) is 2.03. The normalized spacial score (nSPS) is 13.1. The number of hydrogen-bond donors (Lipinski definition) is 1. The molecule has 4 heteroatoms. The van der Waals surface area contributed by atoms with Crippen LogP contribution < -0.4 is 5.73 Å². The Bertz CT molecular complexity index is 699. The van der Waals surface area contributed by atoms with E-state index >= 15 is 0 Å². The van der Waals surface area contributed by atoms with E-state index in [-0.39, 0.29) is 11.4 Å². The van der Waals surface area contributed by atoms with Crippen molar-refractivity contribution in [2.24, 2.45) is 5.73 Å². The van der Waals surface area contributed by atoms with Gasteiger partial charge in [-0.05, 0) is 30.7 Å². The van der Waals surface area contributed by atoms with Crippen LogP contribution in [0.5, 0.6) is 0 Å². The van der Waals surface area contributed by atoms with Crippen molar-refractivity contribution in [3.8, 4) is 0 Å². The Morgan fingerprint density at radius 3 is 2.78 bits per heavy atom. The highest BCUT2D eigenvalue weighted by Gasteiger charge is 2.19. The van der Waals surface area contributed by atoms with Crippen LogP contribution >= 0.6 is 0 Å². The Morgan fingerprint density at radius 2 is 2.11 bits per heavy atom. The van der Waals surface area contributed by atoms with Gasteiger partial charge >= 0.3 is 0 Å². The number of furan rings is 2. The van der Waals surface area contributed by atoms with E-state index in [1.165, 1.54) is 6.07 Å². The molecule has 0 saturated carbocycles. The summed E-state index contributed by atoms with van der Waals surface area (Å²) in [6.07, 6.45) is 1.58. The maximum atomic E-state index is 13.5. The summed E-state index contributed by atoms with van der Waals surface area (Å²) in [6.45, 7) is 1.90. The second-order valence-electron chi connectivity index (χ2n) is 4.25. The van der Waals surface area contributed by atoms with Crippen molar-refractivity contribution >= 4 is 11.0 Å². The van der Waals surface area contributed by atoms with Crippen LogP contribution in [0, 0.1) is 12.7 Å². The molecule has 3 aromatic rings. The molecule has 3 nitrogen and oxygen atoms in total. The van der Waals surface area contributed by atoms with Gasteiger partial charge in [0.05, 0.1) is 6.26 Å². The van der Waals surface area contributed by atoms with Gasteiger partial charge < -0.3 is 14.6 Å². The van der Waals surface area contributed by atoms with Gasteiger partial charge in [0.2, 0.25) is 0 Å². The molecule has 0 fully saturated rings. The third kappa shape index (κ3) is 1.62. The molecule has 2 aromatic heterocycles. The van der Waals surface area contributed by atoms with Gasteiger partial charge in [0.15, 0.2) is 11.4 Å². The first-order valence-electron chi connectivity index (χ1n) is 5.64. The minimum Gasteiger partial charge on any atom is -0.467 e. The van der Waals surface area contributed by atoms with Gasteiger partial charge in [0.1, 0.15) is 17.6 Å². The zero-order valence-corrected chi connectivity index (χ0v) is 9.81. The van der Waals surface area contributed by atoms with E-state index in [0.717, 1.165) is 5.56 Å². The highest BCUT2D eigenvalue weighted by atomic mass is 19.1. The molecule has 1 unspecified atom stereocenters. The molecule has 1 aromatic carbocycles. The monoisotopic (exact) mass is 245 g/mol. The van der Waals surface area contributed by atoms with Crippen LogP contribution in [0.2, 0.25) is 0 Å². The number of halogens is 1. The minimum atomic E-state index is -0.521. The van der Waals surface area contributed by atoms with Crippen LogP contribution in [-0.4, -0.2) is 0 Å². The summed E-state index contributed by atoms with van der Waals surface area (Å²) in [5.74, 6) is 0.740. The number of hydrogen-bond acceptors (Lipinski definition) is 3. The SMILES string of the molecule is Cc1ccoc1C(N)c1cc2cccc(F)c2o1. The van der Waals surface area contributed by atoms with Crippen molar-refractivity contribution in [1.29, 1.82) is 0 Å². The van der Waals surface area contributed by atoms with Gasteiger partial charge in [-0.3, -0.25) is 0 Å². The van der Waals surface area contributed by atoms with E-state index in [4.69, 9.17) is 14.6 Å². The van der Waals surface area contributed by atoms with Crippen LogP contribution in [-0.2, 0) is 0 Å². The largest absolute Gasteiger partial charge is 0.467 e. The molecule has 0 spiro atoms. The number of nitrogens with two attached hydrogens (primary N) is 1. The topological polar surface area (TPSA) is 52.3 Å². The quantitative estimate of drug-likeness (QED) is 0.751. The van der Waals surface area contributed by atoms with Crippen molar-refractivity contribution < 1.29 is 13.2 Å². The molecule has 18 heavy (non-hydrogen) atoms. The highest BCUT2D eigenvalue weighted by Crippen LogP contribution is 2.29. The fraction of sp³-hybridized carbons (Fsp3) is 0.143. The van der Waals surface area contributed by atoms with Gasteiger partial charge in [-0.15, -0.1) is 0 Å². The summed E-state index contributed by atoms with van der Waals surface area (Å²) >= 11 is 0. The average Bonchev–Trinajstić information content (AvgIpc) is 2.95. The summed E-state index contributed by atoms with van der Waals surface area (Å²) in [4.78, 5) is 0. The lowest BCUT2D eigenvalue weighted by atomic mass is 10.1. The third-order valence-corrected chi connectivity index (χ3v) is 3.01. The summed E-state index contributed by atoms with van der Waals surface area (Å²) < 4.78 is 24.3. The molecule has 3 rings (SSSR count). The van der Waals surface area contributed by atoms with Crippen LogP contribution in [0.25, 0.3) is 11.0 Å². The predicted molar refractivity (Wildman–Crippen MR) is 65.6 cm³/mol. The lowest BCUT2D eigenvalue weighted by Crippen LogP contribution is -2.10. The molecule has 0 aliphatic carbocycles. The lowest BCUT2D eigenvalue weighted by Gasteiger charge is -2.06. The molecule has 0 aliphatic rings. The molecule has 2 heterocycles. The summed E-state index contributed by atoms with van der Waals surface area (Å²) in [7, 11) is 0. The minimum absolute atomic E-state index is 0.229. The highest BCUT2D eigenvalue weighted by molar-refractivity contribution is 5.78. The summed E-state index contributed by atoms with van der Waals surface area (Å²) in [5.41, 5.74) is 7.24. The van der Waals surface area contributed by atoms with Crippen LogP contribution in [0.4, 0.5) is 4.39 Å². The van der Waals surface area contributed by atoms with E-state index in [1.807, 2.05) is 13.0 Å². The number of fused-ring (bicyclic) bond motifs is 1. The van der Waals surface area contributed by atoms with Crippen LogP contribution in [0.15, 0.2) is 45.4 Å². The lowest BCUT2D eigenvalue weighted by molar-refractivity contribution is 0.438. The van der Waals surface area contributed by atoms with Crippen molar-refractivity contribution in [3.05, 3.63) is 59.5 Å². The van der Waals surface area contributed by atoms with E-state index in [1.54, 1.807) is 24.5 Å². The zero-order chi connectivity index (χ0) is 12.7. The van der Waals surface area contributed by atoms with E-state index in [9.17, 15) is 4.39 Å². The number of rotatable bonds is 2. The summed E-state index contributed by atoms with van der Waals surface area (Å²) in [6, 6.07) is 7.84. The van der Waals surface area contributed by atoms with Gasteiger partial charge in [-0.2, -0.15) is 0 Å². The molecule has 92 valence electrons. The number of para-hydroxylation sites is 1. The molecule has 0 radical (unpaired) electrons. The van der Waals surface area contributed by atoms with Crippen molar-refractivity contribution in [2.45, 2.75) is 13.0 Å². The van der Waals surface area contributed by atoms with Crippen molar-refractivity contribution in [2.75, 3.05) is 0 Å². The van der Waals surface area contributed by atoms with E-state index < -0.39 is 6.04 Å². The Balaban J connectivity index is 2.10. The van der Waals surface area contributed by atoms with E-state index in [2.05, 4.69) is 0 Å². The molecule has 0 saturated heterocycles. The summed E-state index contributed by atoms with van der Waals surface area (Å²) in [5, 5.41) is 0.699. The third-order valence-electron chi connectivity index (χ3n) is 3.01. The molecule has 1 atom stereocenters. The second-order valence-corrected chi connectivity index (χ2v) is 4.25. The van der Waals surface area contributed by atoms with Gasteiger partial charge in [-0.25, -0.2) is 4.39 Å². The smallest absolute Gasteiger partial charge is 0.169 e. The first-order valence-corrected chi connectivity index (χ1v) is 5.64. The van der Waals surface area contributed by atoms with Gasteiger partial charge in [0, 0.05) is 5.39 Å². The Kier molecular flexibility index (Phi) is 2.45. The standard InChI is InChI=1S/C14H12FNO2/c1-8-5-6-17-13(8)12(16)11-7-9-3-2-4-10(15)14(9)18-11/h2-7,12H,16H2,1H3. The number of aryl methyl sites for hydroxylation is 1. The molecule has 0 amide bonds. The Labute approximate surface area is 103 Å². The Morgan fingerprint density at radius 1 is 1.28 bits per heavy atom. The van der Waals surface area contributed by atoms with Crippen LogP contribution in [0.1, 0.15) is 23.1 Å². The molecular formula is C14H12FNO2. The molecular weight excluding hydrogens is 233 g/mol. The fourth-order valence-electron chi connectivity index (χ4n) is 2.03. The van der Waals surface area contributed by atoms with Gasteiger partial charge in [-0.1, -0.05) is 12.1 Å². The first-order chi connectivity index (χ1) is 8.66. The van der Waals surface area contributed by atoms with Crippen molar-refractivity contribution in [3.63, 3.8) is 0 Å². The number of benzene rings is 1. The average molecular weight is 245 g/mol. The molecule has 0 aliphatic heterocycles. The Hall–Kier alpha value is -2.07. The van der Waals surface area contributed by atoms with Gasteiger partial charge in [0.25, 0.3) is 0 Å². The molecule has 0 bridgehead atoms. The zero-order valence-electron chi connectivity index (χ0n) is 9.81.